The third kappa shape index (κ3) is 3.49. The molecule has 3 rings (SSSR count). The number of piperazine rings is 1. The molecule has 2 heterocycles. The van der Waals surface area contributed by atoms with Crippen LogP contribution in [-0.2, 0) is 21.1 Å². The van der Waals surface area contributed by atoms with E-state index in [4.69, 9.17) is 0 Å². The molecule has 2 atom stereocenters. The number of carbonyl (C=O) groups excluding carboxylic acids is 1. The van der Waals surface area contributed by atoms with Crippen LogP contribution < -0.4 is 0 Å². The molecule has 2 aliphatic heterocycles. The second-order valence-corrected chi connectivity index (χ2v) is 9.35. The zero-order valence-corrected chi connectivity index (χ0v) is 15.5. The molecule has 1 amide bonds. The number of carbonyl (C=O) groups is 1. The third-order valence-electron chi connectivity index (χ3n) is 5.47. The van der Waals surface area contributed by atoms with Gasteiger partial charge in [-0.1, -0.05) is 18.2 Å². The largest absolute Gasteiger partial charge is 0.336 e. The van der Waals surface area contributed by atoms with E-state index in [0.29, 0.717) is 19.4 Å². The Balaban J connectivity index is 1.67. The van der Waals surface area contributed by atoms with Gasteiger partial charge in [-0.3, -0.25) is 9.69 Å². The molecule has 0 radical (unpaired) electrons. The Hall–Kier alpha value is -1.40. The second kappa shape index (κ2) is 6.48. The van der Waals surface area contributed by atoms with Gasteiger partial charge in [-0.05, 0) is 44.0 Å². The summed E-state index contributed by atoms with van der Waals surface area (Å²) in [6.07, 6.45) is 1.14. The van der Waals surface area contributed by atoms with Crippen molar-refractivity contribution >= 4 is 15.7 Å². The average molecular weight is 350 g/mol. The Morgan fingerprint density at radius 1 is 1.12 bits per heavy atom. The van der Waals surface area contributed by atoms with E-state index < -0.39 is 9.84 Å². The van der Waals surface area contributed by atoms with Crippen molar-refractivity contribution in [2.75, 3.05) is 31.6 Å². The van der Waals surface area contributed by atoms with Crippen molar-refractivity contribution in [3.63, 3.8) is 0 Å². The fraction of sp³-hybridized carbons (Fsp3) is 0.611. The predicted molar refractivity (Wildman–Crippen MR) is 94.8 cm³/mol. The number of benzene rings is 1. The second-order valence-electron chi connectivity index (χ2n) is 7.20. The van der Waals surface area contributed by atoms with E-state index in [1.165, 1.54) is 11.1 Å². The number of fused-ring (bicyclic) bond motifs is 1. The van der Waals surface area contributed by atoms with E-state index in [-0.39, 0.29) is 29.5 Å². The van der Waals surface area contributed by atoms with Crippen LogP contribution in [0.15, 0.2) is 18.2 Å². The molecule has 0 N–H and O–H groups in total. The van der Waals surface area contributed by atoms with Crippen molar-refractivity contribution in [2.45, 2.75) is 38.8 Å². The molecule has 0 bridgehead atoms. The molecule has 2 unspecified atom stereocenters. The van der Waals surface area contributed by atoms with Crippen molar-refractivity contribution in [2.24, 2.45) is 0 Å². The summed E-state index contributed by atoms with van der Waals surface area (Å²) >= 11 is 0. The lowest BCUT2D eigenvalue weighted by Crippen LogP contribution is -2.59. The number of rotatable bonds is 3. The molecule has 132 valence electrons. The third-order valence-corrected chi connectivity index (χ3v) is 7.17. The summed E-state index contributed by atoms with van der Waals surface area (Å²) in [5.41, 5.74) is 3.65. The number of likely N-dealkylation sites (N-methyl/N-ethyl adjacent to an activating group) is 1. The Kier molecular flexibility index (Phi) is 4.71. The van der Waals surface area contributed by atoms with Gasteiger partial charge in [-0.2, -0.15) is 0 Å². The zero-order chi connectivity index (χ0) is 17.5. The summed E-state index contributed by atoms with van der Waals surface area (Å²) in [7, 11) is -1.09. The monoisotopic (exact) mass is 350 g/mol. The molecule has 2 fully saturated rings. The lowest BCUT2D eigenvalue weighted by Gasteiger charge is -2.42. The van der Waals surface area contributed by atoms with E-state index in [2.05, 4.69) is 36.9 Å². The van der Waals surface area contributed by atoms with Crippen LogP contribution >= 0.6 is 0 Å². The van der Waals surface area contributed by atoms with Gasteiger partial charge >= 0.3 is 0 Å². The van der Waals surface area contributed by atoms with Crippen LogP contribution in [0.3, 0.4) is 0 Å². The smallest absolute Gasteiger partial charge is 0.223 e. The number of aryl methyl sites for hydroxylation is 3. The number of nitrogens with zero attached hydrogens (tertiary/aromatic N) is 2. The van der Waals surface area contributed by atoms with Gasteiger partial charge in [0.2, 0.25) is 5.91 Å². The molecule has 1 aromatic carbocycles. The first-order chi connectivity index (χ1) is 11.3. The van der Waals surface area contributed by atoms with Crippen molar-refractivity contribution in [1.29, 1.82) is 0 Å². The number of sulfone groups is 1. The summed E-state index contributed by atoms with van der Waals surface area (Å²) < 4.78 is 24.0. The molecule has 5 nitrogen and oxygen atoms in total. The maximum Gasteiger partial charge on any atom is 0.223 e. The van der Waals surface area contributed by atoms with E-state index in [1.54, 1.807) is 0 Å². The van der Waals surface area contributed by atoms with Gasteiger partial charge in [0.05, 0.1) is 17.5 Å². The van der Waals surface area contributed by atoms with E-state index in [1.807, 2.05) is 11.9 Å². The van der Waals surface area contributed by atoms with Gasteiger partial charge < -0.3 is 4.90 Å². The Labute approximate surface area is 144 Å². The van der Waals surface area contributed by atoms with Gasteiger partial charge in [0.25, 0.3) is 0 Å². The minimum atomic E-state index is -3.04. The fourth-order valence-electron chi connectivity index (χ4n) is 3.79. The topological polar surface area (TPSA) is 57.7 Å². The Morgan fingerprint density at radius 3 is 2.54 bits per heavy atom. The summed E-state index contributed by atoms with van der Waals surface area (Å²) in [4.78, 5) is 16.6. The van der Waals surface area contributed by atoms with Gasteiger partial charge in [-0.15, -0.1) is 0 Å². The minimum absolute atomic E-state index is 0.0469. The lowest BCUT2D eigenvalue weighted by atomic mass is 10.0. The predicted octanol–water partition coefficient (Wildman–Crippen LogP) is 1.18. The SMILES string of the molecule is Cc1ccc(CCC(=O)N2CCN(C)C3CS(=O)(=O)CC32)cc1C. The van der Waals surface area contributed by atoms with E-state index >= 15 is 0 Å². The standard InChI is InChI=1S/C18H26N2O3S/c1-13-4-5-15(10-14(13)2)6-7-18(21)20-9-8-19(3)16-11-24(22,23)12-17(16)20/h4-5,10,16-17H,6-9,11-12H2,1-3H3. The molecule has 1 aromatic rings. The van der Waals surface area contributed by atoms with Crippen LogP contribution in [0, 0.1) is 13.8 Å². The van der Waals surface area contributed by atoms with Gasteiger partial charge in [0, 0.05) is 25.6 Å². The quantitative estimate of drug-likeness (QED) is 0.821. The maximum atomic E-state index is 12.7. The molecule has 2 aliphatic rings. The summed E-state index contributed by atoms with van der Waals surface area (Å²) in [6.45, 7) is 5.52. The first-order valence-corrected chi connectivity index (χ1v) is 10.4. The van der Waals surface area contributed by atoms with Crippen LogP contribution in [-0.4, -0.2) is 67.9 Å². The van der Waals surface area contributed by atoms with Crippen LogP contribution in [0.2, 0.25) is 0 Å². The van der Waals surface area contributed by atoms with Crippen LogP contribution in [0.1, 0.15) is 23.1 Å². The first kappa shape index (κ1) is 17.4. The fourth-order valence-corrected chi connectivity index (χ4v) is 5.85. The van der Waals surface area contributed by atoms with E-state index in [0.717, 1.165) is 12.1 Å². The molecule has 6 heteroatoms. The highest BCUT2D eigenvalue weighted by molar-refractivity contribution is 7.91. The highest BCUT2D eigenvalue weighted by atomic mass is 32.2. The Morgan fingerprint density at radius 2 is 1.83 bits per heavy atom. The molecule has 2 saturated heterocycles. The summed E-state index contributed by atoms with van der Waals surface area (Å²) in [5, 5.41) is 0. The normalized spacial score (nSPS) is 26.4. The van der Waals surface area contributed by atoms with Gasteiger partial charge in [0.1, 0.15) is 0 Å². The average Bonchev–Trinajstić information content (AvgIpc) is 2.84. The summed E-state index contributed by atoms with van der Waals surface area (Å²) in [5.74, 6) is 0.361. The van der Waals surface area contributed by atoms with E-state index in [9.17, 15) is 13.2 Å². The highest BCUT2D eigenvalue weighted by Gasteiger charge is 2.46. The van der Waals surface area contributed by atoms with Crippen LogP contribution in [0.25, 0.3) is 0 Å². The van der Waals surface area contributed by atoms with Crippen molar-refractivity contribution in [1.82, 2.24) is 9.80 Å². The summed E-state index contributed by atoms with van der Waals surface area (Å²) in [6, 6.07) is 6.07. The minimum Gasteiger partial charge on any atom is -0.336 e. The van der Waals surface area contributed by atoms with Crippen LogP contribution in [0.4, 0.5) is 0 Å². The molecule has 0 spiro atoms. The van der Waals surface area contributed by atoms with Gasteiger partial charge in [0.15, 0.2) is 9.84 Å². The first-order valence-electron chi connectivity index (χ1n) is 8.53. The lowest BCUT2D eigenvalue weighted by molar-refractivity contribution is -0.136. The molecule has 0 aliphatic carbocycles. The van der Waals surface area contributed by atoms with Crippen molar-refractivity contribution in [3.05, 3.63) is 34.9 Å². The molecule has 24 heavy (non-hydrogen) atoms. The molecule has 0 saturated carbocycles. The van der Waals surface area contributed by atoms with Crippen molar-refractivity contribution in [3.8, 4) is 0 Å². The number of amides is 1. The maximum absolute atomic E-state index is 12.7. The zero-order valence-electron chi connectivity index (χ0n) is 14.7. The highest BCUT2D eigenvalue weighted by Crippen LogP contribution is 2.26. The number of hydrogen-bond acceptors (Lipinski definition) is 4. The van der Waals surface area contributed by atoms with Crippen LogP contribution in [0.5, 0.6) is 0 Å². The van der Waals surface area contributed by atoms with Crippen molar-refractivity contribution < 1.29 is 13.2 Å². The number of hydrogen-bond donors (Lipinski definition) is 0. The van der Waals surface area contributed by atoms with Gasteiger partial charge in [-0.25, -0.2) is 8.42 Å². The Bertz CT molecular complexity index is 745. The molecular formula is C18H26N2O3S. The molecule has 0 aromatic heterocycles. The molecular weight excluding hydrogens is 324 g/mol.